The first kappa shape index (κ1) is 14.5. The number of nitrogens with zero attached hydrogens (tertiary/aromatic N) is 1. The minimum absolute atomic E-state index is 0.0260. The molecule has 2 atom stereocenters. The van der Waals surface area contributed by atoms with Crippen molar-refractivity contribution >= 4 is 17.5 Å². The third-order valence-corrected chi connectivity index (χ3v) is 4.52. The predicted octanol–water partition coefficient (Wildman–Crippen LogP) is 3.22. The Balaban J connectivity index is 1.86. The number of carbonyl (C=O) groups is 1. The molecule has 4 heteroatoms. The maximum Gasteiger partial charge on any atom is 0.164 e. The van der Waals surface area contributed by atoms with Crippen molar-refractivity contribution < 1.29 is 9.18 Å². The van der Waals surface area contributed by atoms with Crippen LogP contribution in [0.3, 0.4) is 0 Å². The molecule has 1 fully saturated rings. The molecule has 19 heavy (non-hydrogen) atoms. The lowest BCUT2D eigenvalue weighted by atomic mass is 10.1. The van der Waals surface area contributed by atoms with Gasteiger partial charge in [0.1, 0.15) is 5.82 Å². The van der Waals surface area contributed by atoms with Gasteiger partial charge in [-0.2, -0.15) is 11.8 Å². The van der Waals surface area contributed by atoms with Crippen molar-refractivity contribution in [1.82, 2.24) is 4.90 Å². The Morgan fingerprint density at radius 2 is 2.05 bits per heavy atom. The molecule has 0 amide bonds. The highest BCUT2D eigenvalue weighted by Crippen LogP contribution is 2.24. The average molecular weight is 281 g/mol. The Morgan fingerprint density at radius 3 is 2.68 bits per heavy atom. The maximum absolute atomic E-state index is 13.1. The number of thioether (sulfide) groups is 1. The summed E-state index contributed by atoms with van der Waals surface area (Å²) in [6.45, 7) is 7.28. The van der Waals surface area contributed by atoms with Gasteiger partial charge in [0, 0.05) is 42.1 Å². The second-order valence-corrected chi connectivity index (χ2v) is 7.08. The molecule has 2 rings (SSSR count). The second kappa shape index (κ2) is 6.53. The fraction of sp³-hybridized carbons (Fsp3) is 0.533. The Labute approximate surface area is 118 Å². The number of halogens is 1. The molecule has 1 aliphatic heterocycles. The van der Waals surface area contributed by atoms with E-state index in [-0.39, 0.29) is 11.6 Å². The van der Waals surface area contributed by atoms with Gasteiger partial charge in [-0.1, -0.05) is 26.0 Å². The Hall–Kier alpha value is -0.870. The molecule has 0 saturated carbocycles. The highest BCUT2D eigenvalue weighted by atomic mass is 32.2. The molecule has 0 bridgehead atoms. The summed E-state index contributed by atoms with van der Waals surface area (Å²) in [6.07, 6.45) is 0.466. The van der Waals surface area contributed by atoms with E-state index in [2.05, 4.69) is 18.7 Å². The molecule has 2 nitrogen and oxygen atoms in total. The first-order chi connectivity index (χ1) is 9.04. The van der Waals surface area contributed by atoms with Crippen molar-refractivity contribution in [2.24, 2.45) is 0 Å². The Kier molecular flexibility index (Phi) is 4.99. The van der Waals surface area contributed by atoms with Crippen LogP contribution in [0, 0.1) is 5.82 Å². The van der Waals surface area contributed by atoms with E-state index in [4.69, 9.17) is 0 Å². The summed E-state index contributed by atoms with van der Waals surface area (Å²) in [7, 11) is 0. The average Bonchev–Trinajstić information content (AvgIpc) is 2.35. The highest BCUT2D eigenvalue weighted by molar-refractivity contribution is 8.00. The van der Waals surface area contributed by atoms with Gasteiger partial charge in [0.05, 0.1) is 0 Å². The highest BCUT2D eigenvalue weighted by Gasteiger charge is 2.22. The number of hydrogen-bond acceptors (Lipinski definition) is 3. The van der Waals surface area contributed by atoms with Crippen molar-refractivity contribution in [3.63, 3.8) is 0 Å². The van der Waals surface area contributed by atoms with Crippen LogP contribution in [0.15, 0.2) is 24.3 Å². The lowest BCUT2D eigenvalue weighted by Gasteiger charge is -2.34. The summed E-state index contributed by atoms with van der Waals surface area (Å²) >= 11 is 2.00. The lowest BCUT2D eigenvalue weighted by molar-refractivity contribution is 0.0963. The van der Waals surface area contributed by atoms with Crippen LogP contribution in [0.5, 0.6) is 0 Å². The molecule has 1 heterocycles. The largest absolute Gasteiger partial charge is 0.301 e. The number of carbonyl (C=O) groups excluding carboxylic acids is 1. The molecule has 1 aliphatic rings. The first-order valence-electron chi connectivity index (χ1n) is 6.71. The minimum atomic E-state index is -0.345. The van der Waals surface area contributed by atoms with Crippen LogP contribution in [-0.2, 0) is 0 Å². The van der Waals surface area contributed by atoms with Crippen LogP contribution in [0.1, 0.15) is 30.6 Å². The van der Waals surface area contributed by atoms with E-state index in [9.17, 15) is 9.18 Å². The molecule has 1 aromatic rings. The van der Waals surface area contributed by atoms with Gasteiger partial charge in [-0.3, -0.25) is 4.79 Å². The standard InChI is InChI=1S/C15H20FNOS/c1-11-9-17(10-12(2)19-11)7-6-15(18)13-4-3-5-14(16)8-13/h3-5,8,11-12H,6-7,9-10H2,1-2H3. The molecule has 104 valence electrons. The van der Waals surface area contributed by atoms with E-state index in [0.717, 1.165) is 19.6 Å². The fourth-order valence-electron chi connectivity index (χ4n) is 2.53. The number of Topliss-reactive ketones (excluding diaryl/α,β-unsaturated/α-hetero) is 1. The lowest BCUT2D eigenvalue weighted by Crippen LogP contribution is -2.41. The SMILES string of the molecule is CC1CN(CCC(=O)c2cccc(F)c2)CC(C)S1. The van der Waals surface area contributed by atoms with Gasteiger partial charge in [-0.15, -0.1) is 0 Å². The van der Waals surface area contributed by atoms with E-state index in [1.807, 2.05) is 11.8 Å². The van der Waals surface area contributed by atoms with Gasteiger partial charge in [0.25, 0.3) is 0 Å². The molecule has 0 radical (unpaired) electrons. The molecule has 0 aliphatic carbocycles. The van der Waals surface area contributed by atoms with E-state index >= 15 is 0 Å². The molecule has 0 spiro atoms. The van der Waals surface area contributed by atoms with Crippen LogP contribution in [0.2, 0.25) is 0 Å². The summed E-state index contributed by atoms with van der Waals surface area (Å²) in [4.78, 5) is 14.3. The molecule has 0 N–H and O–H groups in total. The normalized spacial score (nSPS) is 24.4. The van der Waals surface area contributed by atoms with E-state index in [1.54, 1.807) is 12.1 Å². The molecule has 1 aromatic carbocycles. The van der Waals surface area contributed by atoms with Crippen molar-refractivity contribution in [3.8, 4) is 0 Å². The van der Waals surface area contributed by atoms with Gasteiger partial charge in [-0.25, -0.2) is 4.39 Å². The summed E-state index contributed by atoms with van der Waals surface area (Å²) in [5.74, 6) is -0.319. The zero-order valence-corrected chi connectivity index (χ0v) is 12.3. The van der Waals surface area contributed by atoms with Crippen LogP contribution < -0.4 is 0 Å². The zero-order chi connectivity index (χ0) is 13.8. The van der Waals surface area contributed by atoms with Crippen molar-refractivity contribution in [2.45, 2.75) is 30.8 Å². The molecule has 0 aromatic heterocycles. The third kappa shape index (κ3) is 4.32. The van der Waals surface area contributed by atoms with Gasteiger partial charge in [0.2, 0.25) is 0 Å². The van der Waals surface area contributed by atoms with Crippen molar-refractivity contribution in [2.75, 3.05) is 19.6 Å². The summed E-state index contributed by atoms with van der Waals surface area (Å²) in [5.41, 5.74) is 0.479. The predicted molar refractivity (Wildman–Crippen MR) is 78.3 cm³/mol. The van der Waals surface area contributed by atoms with E-state index in [1.165, 1.54) is 12.1 Å². The summed E-state index contributed by atoms with van der Waals surface area (Å²) in [5, 5.41) is 1.24. The van der Waals surface area contributed by atoms with Crippen LogP contribution in [-0.4, -0.2) is 40.8 Å². The maximum atomic E-state index is 13.1. The van der Waals surface area contributed by atoms with Gasteiger partial charge >= 0.3 is 0 Å². The van der Waals surface area contributed by atoms with E-state index in [0.29, 0.717) is 22.5 Å². The number of benzene rings is 1. The smallest absolute Gasteiger partial charge is 0.164 e. The number of ketones is 1. The van der Waals surface area contributed by atoms with Crippen molar-refractivity contribution in [1.29, 1.82) is 0 Å². The van der Waals surface area contributed by atoms with Gasteiger partial charge < -0.3 is 4.90 Å². The summed E-state index contributed by atoms with van der Waals surface area (Å²) in [6, 6.07) is 5.95. The molecular formula is C15H20FNOS. The monoisotopic (exact) mass is 281 g/mol. The first-order valence-corrected chi connectivity index (χ1v) is 7.65. The number of rotatable bonds is 4. The van der Waals surface area contributed by atoms with Gasteiger partial charge in [0.15, 0.2) is 5.78 Å². The fourth-order valence-corrected chi connectivity index (χ4v) is 3.92. The summed E-state index contributed by atoms with van der Waals surface area (Å²) < 4.78 is 13.1. The molecule has 2 unspecified atom stereocenters. The van der Waals surface area contributed by atoms with Crippen LogP contribution in [0.4, 0.5) is 4.39 Å². The Bertz CT molecular complexity index is 442. The quantitative estimate of drug-likeness (QED) is 0.790. The van der Waals surface area contributed by atoms with Crippen LogP contribution >= 0.6 is 11.8 Å². The van der Waals surface area contributed by atoms with Crippen molar-refractivity contribution in [3.05, 3.63) is 35.6 Å². The van der Waals surface area contributed by atoms with Crippen LogP contribution in [0.25, 0.3) is 0 Å². The topological polar surface area (TPSA) is 20.3 Å². The van der Waals surface area contributed by atoms with E-state index < -0.39 is 0 Å². The molecular weight excluding hydrogens is 261 g/mol. The molecule has 1 saturated heterocycles. The third-order valence-electron chi connectivity index (χ3n) is 3.30. The van der Waals surface area contributed by atoms with Gasteiger partial charge in [-0.05, 0) is 12.1 Å². The minimum Gasteiger partial charge on any atom is -0.301 e. The zero-order valence-electron chi connectivity index (χ0n) is 11.4. The number of hydrogen-bond donors (Lipinski definition) is 0. The second-order valence-electron chi connectivity index (χ2n) is 5.20. The Morgan fingerprint density at radius 1 is 1.37 bits per heavy atom.